The molecule has 2 fully saturated rings. The molecule has 2 saturated heterocycles. The van der Waals surface area contributed by atoms with Crippen LogP contribution < -0.4 is 0 Å². The van der Waals surface area contributed by atoms with Gasteiger partial charge in [0.05, 0.1) is 11.0 Å². The summed E-state index contributed by atoms with van der Waals surface area (Å²) >= 11 is 14.3. The zero-order valence-electron chi connectivity index (χ0n) is 17.4. The minimum Gasteiger partial charge on any atom is -0.376 e. The van der Waals surface area contributed by atoms with Crippen molar-refractivity contribution >= 4 is 69.1 Å². The van der Waals surface area contributed by atoms with E-state index in [2.05, 4.69) is 0 Å². The maximum absolute atomic E-state index is 13.2. The van der Waals surface area contributed by atoms with Gasteiger partial charge in [0.25, 0.3) is 5.91 Å². The molecule has 2 aliphatic rings. The molecule has 2 amide bonds. The third-order valence-corrected chi connectivity index (χ3v) is 7.78. The monoisotopic (exact) mass is 506 g/mol. The van der Waals surface area contributed by atoms with Crippen molar-refractivity contribution in [2.45, 2.75) is 31.9 Å². The molecule has 0 spiro atoms. The van der Waals surface area contributed by atoms with Crippen LogP contribution >= 0.6 is 46.9 Å². The molecule has 0 bridgehead atoms. The Kier molecular flexibility index (Phi) is 8.02. The maximum Gasteiger partial charge on any atom is 0.266 e. The first kappa shape index (κ1) is 23.4. The van der Waals surface area contributed by atoms with E-state index in [-0.39, 0.29) is 30.9 Å². The second kappa shape index (κ2) is 10.9. The Labute approximate surface area is 206 Å². The molecule has 4 rings (SSSR count). The minimum atomic E-state index is -0.135. The molecule has 0 saturated carbocycles. The van der Waals surface area contributed by atoms with E-state index in [1.807, 2.05) is 52.8 Å². The van der Waals surface area contributed by atoms with Gasteiger partial charge in [-0.1, -0.05) is 53.8 Å². The Balaban J connectivity index is 1.40. The fraction of sp³-hybridized carbons (Fsp3) is 0.348. The van der Waals surface area contributed by atoms with Gasteiger partial charge in [-0.3, -0.25) is 14.5 Å². The zero-order chi connectivity index (χ0) is 22.5. The topological polar surface area (TPSA) is 49.9 Å². The van der Waals surface area contributed by atoms with Gasteiger partial charge in [-0.05, 0) is 48.1 Å². The molecule has 9 heteroatoms. The summed E-state index contributed by atoms with van der Waals surface area (Å²) in [7, 11) is 0. The smallest absolute Gasteiger partial charge is 0.266 e. The first-order valence-electron chi connectivity index (χ1n) is 10.4. The van der Waals surface area contributed by atoms with Crippen LogP contribution in [0.25, 0.3) is 6.08 Å². The van der Waals surface area contributed by atoms with Crippen LogP contribution in [0.3, 0.4) is 0 Å². The summed E-state index contributed by atoms with van der Waals surface area (Å²) in [6.45, 7) is 2.03. The van der Waals surface area contributed by atoms with Gasteiger partial charge < -0.3 is 9.64 Å². The Morgan fingerprint density at radius 2 is 2.12 bits per heavy atom. The van der Waals surface area contributed by atoms with E-state index in [0.29, 0.717) is 27.3 Å². The summed E-state index contributed by atoms with van der Waals surface area (Å²) in [6.07, 6.45) is 4.08. The van der Waals surface area contributed by atoms with Crippen molar-refractivity contribution in [2.75, 3.05) is 19.7 Å². The first-order valence-corrected chi connectivity index (χ1v) is 12.9. The number of rotatable bonds is 8. The number of carbonyl (C=O) groups excluding carboxylic acids is 2. The molecular weight excluding hydrogens is 484 g/mol. The quantitative estimate of drug-likeness (QED) is 0.364. The van der Waals surface area contributed by atoms with Crippen molar-refractivity contribution in [3.63, 3.8) is 0 Å². The van der Waals surface area contributed by atoms with E-state index >= 15 is 0 Å². The summed E-state index contributed by atoms with van der Waals surface area (Å²) in [5.41, 5.74) is 1.00. The van der Waals surface area contributed by atoms with Crippen molar-refractivity contribution in [1.29, 1.82) is 0 Å². The lowest BCUT2D eigenvalue weighted by Crippen LogP contribution is -2.39. The van der Waals surface area contributed by atoms with Gasteiger partial charge in [0.1, 0.15) is 4.32 Å². The number of hydrogen-bond acceptors (Lipinski definition) is 6. The van der Waals surface area contributed by atoms with Crippen molar-refractivity contribution in [1.82, 2.24) is 9.80 Å². The van der Waals surface area contributed by atoms with E-state index < -0.39 is 0 Å². The summed E-state index contributed by atoms with van der Waals surface area (Å²) in [4.78, 5) is 30.9. The molecule has 0 radical (unpaired) electrons. The number of carbonyl (C=O) groups is 2. The van der Waals surface area contributed by atoms with Crippen LogP contribution in [-0.4, -0.2) is 51.7 Å². The molecule has 2 aliphatic heterocycles. The number of hydrogen-bond donors (Lipinski definition) is 0. The molecule has 1 atom stereocenters. The lowest BCUT2D eigenvalue weighted by molar-refractivity contribution is -0.134. The minimum absolute atomic E-state index is 0.0215. The highest BCUT2D eigenvalue weighted by atomic mass is 35.5. The molecule has 2 aromatic rings. The summed E-state index contributed by atoms with van der Waals surface area (Å²) in [6, 6.07) is 11.4. The predicted molar refractivity (Wildman–Crippen MR) is 135 cm³/mol. The molecule has 1 unspecified atom stereocenters. The van der Waals surface area contributed by atoms with Gasteiger partial charge >= 0.3 is 0 Å². The number of nitrogens with zero attached hydrogens (tertiary/aromatic N) is 2. The number of ether oxygens (including phenoxy) is 1. The molecule has 0 N–H and O–H groups in total. The maximum atomic E-state index is 13.2. The van der Waals surface area contributed by atoms with Crippen molar-refractivity contribution in [3.05, 3.63) is 62.1 Å². The number of thioether (sulfide) groups is 1. The van der Waals surface area contributed by atoms with Crippen molar-refractivity contribution in [3.8, 4) is 0 Å². The fourth-order valence-corrected chi connectivity index (χ4v) is 5.82. The lowest BCUT2D eigenvalue weighted by atomic mass is 10.1. The van der Waals surface area contributed by atoms with Gasteiger partial charge in [-0.15, -0.1) is 11.3 Å². The average molecular weight is 507 g/mol. The molecule has 168 valence electrons. The van der Waals surface area contributed by atoms with Gasteiger partial charge in [0, 0.05) is 42.6 Å². The van der Waals surface area contributed by atoms with Crippen LogP contribution in [-0.2, 0) is 20.9 Å². The van der Waals surface area contributed by atoms with Crippen molar-refractivity contribution in [2.24, 2.45) is 0 Å². The number of thiophene rings is 1. The lowest BCUT2D eigenvalue weighted by Gasteiger charge is -2.26. The largest absolute Gasteiger partial charge is 0.376 e. The molecule has 1 aromatic heterocycles. The normalized spacial score (nSPS) is 19.8. The van der Waals surface area contributed by atoms with E-state index in [4.69, 9.17) is 28.6 Å². The van der Waals surface area contributed by atoms with Crippen LogP contribution in [0.2, 0.25) is 5.02 Å². The third kappa shape index (κ3) is 5.99. The fourth-order valence-electron chi connectivity index (χ4n) is 3.66. The zero-order valence-corrected chi connectivity index (χ0v) is 20.6. The molecule has 1 aromatic carbocycles. The standard InChI is InChI=1S/C23H23ClN2O3S3/c24-17-7-5-16(6-8-17)14-25(15-18-3-1-11-29-18)21(27)9-10-26-22(28)20(32-23(26)30)13-19-4-2-12-31-19/h2,4-8,12-13,18H,1,3,9-11,14-15H2/b20-13-. The van der Waals surface area contributed by atoms with E-state index in [1.165, 1.54) is 16.7 Å². The van der Waals surface area contributed by atoms with Gasteiger partial charge in [-0.2, -0.15) is 0 Å². The summed E-state index contributed by atoms with van der Waals surface area (Å²) < 4.78 is 6.25. The summed E-state index contributed by atoms with van der Waals surface area (Å²) in [5.74, 6) is -0.156. The molecule has 32 heavy (non-hydrogen) atoms. The van der Waals surface area contributed by atoms with Crippen LogP contribution in [0.4, 0.5) is 0 Å². The van der Waals surface area contributed by atoms with E-state index in [0.717, 1.165) is 29.9 Å². The Morgan fingerprint density at radius 3 is 2.81 bits per heavy atom. The first-order chi connectivity index (χ1) is 15.5. The summed E-state index contributed by atoms with van der Waals surface area (Å²) in [5, 5.41) is 2.63. The van der Waals surface area contributed by atoms with Crippen molar-refractivity contribution < 1.29 is 14.3 Å². The van der Waals surface area contributed by atoms with Gasteiger partial charge in [0.2, 0.25) is 5.91 Å². The van der Waals surface area contributed by atoms with E-state index in [1.54, 1.807) is 11.3 Å². The highest BCUT2D eigenvalue weighted by molar-refractivity contribution is 8.26. The molecule has 3 heterocycles. The van der Waals surface area contributed by atoms with Crippen LogP contribution in [0.1, 0.15) is 29.7 Å². The van der Waals surface area contributed by atoms with Crippen LogP contribution in [0, 0.1) is 0 Å². The second-order valence-electron chi connectivity index (χ2n) is 7.63. The van der Waals surface area contributed by atoms with E-state index in [9.17, 15) is 9.59 Å². The Morgan fingerprint density at radius 1 is 1.31 bits per heavy atom. The van der Waals surface area contributed by atoms with Gasteiger partial charge in [-0.25, -0.2) is 0 Å². The molecule has 0 aliphatic carbocycles. The molecular formula is C23H23ClN2O3S3. The average Bonchev–Trinajstić information content (AvgIpc) is 3.52. The predicted octanol–water partition coefficient (Wildman–Crippen LogP) is 5.20. The SMILES string of the molecule is O=C(CCN1C(=O)/C(=C/c2cccs2)SC1=S)N(Cc1ccc(Cl)cc1)CC1CCCO1. The highest BCUT2D eigenvalue weighted by Gasteiger charge is 2.33. The highest BCUT2D eigenvalue weighted by Crippen LogP contribution is 2.33. The number of amides is 2. The number of thiocarbonyl (C=S) groups is 1. The van der Waals surface area contributed by atoms with Crippen LogP contribution in [0.5, 0.6) is 0 Å². The Hall–Kier alpha value is -1.71. The Bertz CT molecular complexity index is 1000. The van der Waals surface area contributed by atoms with Gasteiger partial charge in [0.15, 0.2) is 0 Å². The number of benzene rings is 1. The third-order valence-electron chi connectivity index (χ3n) is 5.33. The number of halogens is 1. The molecule has 5 nitrogen and oxygen atoms in total. The second-order valence-corrected chi connectivity index (χ2v) is 10.7. The van der Waals surface area contributed by atoms with Crippen LogP contribution in [0.15, 0.2) is 46.7 Å².